The van der Waals surface area contributed by atoms with Gasteiger partial charge in [-0.15, -0.1) is 0 Å². The summed E-state index contributed by atoms with van der Waals surface area (Å²) in [5.74, 6) is -0.884. The van der Waals surface area contributed by atoms with Gasteiger partial charge in [-0.05, 0) is 49.4 Å². The van der Waals surface area contributed by atoms with Gasteiger partial charge in [0.15, 0.2) is 0 Å². The van der Waals surface area contributed by atoms with E-state index in [1.807, 2.05) is 30.4 Å². The first kappa shape index (κ1) is 23.3. The van der Waals surface area contributed by atoms with Crippen LogP contribution in [0.25, 0.3) is 5.69 Å². The summed E-state index contributed by atoms with van der Waals surface area (Å²) < 4.78 is 2.23. The Bertz CT molecular complexity index is 871. The Morgan fingerprint density at radius 2 is 1.97 bits per heavy atom. The zero-order valence-corrected chi connectivity index (χ0v) is 18.4. The van der Waals surface area contributed by atoms with Crippen LogP contribution in [0.2, 0.25) is 0 Å². The fourth-order valence-corrected chi connectivity index (χ4v) is 4.50. The Morgan fingerprint density at radius 1 is 1.19 bits per heavy atom. The molecule has 5 nitrogen and oxygen atoms in total. The first-order chi connectivity index (χ1) is 15.0. The molecule has 2 aromatic rings. The summed E-state index contributed by atoms with van der Waals surface area (Å²) in [6.07, 6.45) is 9.84. The number of aliphatic hydroxyl groups excluding tert-OH is 2. The monoisotopic (exact) mass is 425 g/mol. The summed E-state index contributed by atoms with van der Waals surface area (Å²) in [6.45, 7) is 2.15. The molecule has 3 rings (SSSR count). The number of aromatic nitrogens is 1. The van der Waals surface area contributed by atoms with E-state index in [2.05, 4.69) is 29.7 Å². The van der Waals surface area contributed by atoms with Gasteiger partial charge in [0.25, 0.3) is 0 Å². The average Bonchev–Trinajstić information content (AvgIpc) is 3.24. The number of benzene rings is 1. The van der Waals surface area contributed by atoms with Crippen molar-refractivity contribution in [3.05, 3.63) is 65.5 Å². The fourth-order valence-electron chi connectivity index (χ4n) is 4.50. The molecule has 1 aliphatic carbocycles. The number of aryl methyl sites for hydroxylation is 1. The molecule has 1 aliphatic rings. The number of carbonyl (C=O) groups is 1. The van der Waals surface area contributed by atoms with Crippen molar-refractivity contribution in [1.29, 1.82) is 0 Å². The Kier molecular flexibility index (Phi) is 8.50. The lowest BCUT2D eigenvalue weighted by Crippen LogP contribution is -2.14. The van der Waals surface area contributed by atoms with Crippen LogP contribution in [-0.2, 0) is 17.6 Å². The molecule has 1 aromatic heterocycles. The van der Waals surface area contributed by atoms with Gasteiger partial charge in [-0.25, -0.2) is 0 Å². The van der Waals surface area contributed by atoms with E-state index in [9.17, 15) is 15.0 Å². The van der Waals surface area contributed by atoms with Gasteiger partial charge in [0.05, 0.1) is 12.2 Å². The van der Waals surface area contributed by atoms with Gasteiger partial charge in [0.2, 0.25) is 0 Å². The molecule has 0 bridgehead atoms. The molecule has 5 heteroatoms. The summed E-state index contributed by atoms with van der Waals surface area (Å²) in [5.41, 5.74) is 4.44. The quantitative estimate of drug-likeness (QED) is 0.338. The molecular weight excluding hydrogens is 390 g/mol. The number of hydrogen-bond acceptors (Lipinski definition) is 3. The van der Waals surface area contributed by atoms with Gasteiger partial charge in [-0.2, -0.15) is 0 Å². The maximum atomic E-state index is 10.8. The maximum absolute atomic E-state index is 10.8. The molecule has 1 heterocycles. The zero-order valence-electron chi connectivity index (χ0n) is 18.4. The number of aliphatic carboxylic acids is 1. The Hall–Kier alpha value is -2.37. The molecule has 0 fully saturated rings. The van der Waals surface area contributed by atoms with Crippen molar-refractivity contribution >= 4 is 5.97 Å². The highest BCUT2D eigenvalue weighted by atomic mass is 16.4. The van der Waals surface area contributed by atoms with Crippen LogP contribution in [-0.4, -0.2) is 38.1 Å². The molecule has 0 amide bonds. The van der Waals surface area contributed by atoms with Crippen molar-refractivity contribution < 1.29 is 20.1 Å². The first-order valence-corrected chi connectivity index (χ1v) is 11.6. The van der Waals surface area contributed by atoms with E-state index < -0.39 is 18.2 Å². The van der Waals surface area contributed by atoms with E-state index in [4.69, 9.17) is 5.11 Å². The molecule has 31 heavy (non-hydrogen) atoms. The van der Waals surface area contributed by atoms with E-state index in [0.717, 1.165) is 61.2 Å². The van der Waals surface area contributed by atoms with Crippen molar-refractivity contribution in [1.82, 2.24) is 4.57 Å². The number of fused-ring (bicyclic) bond motifs is 1. The predicted octanol–water partition coefficient (Wildman–Crippen LogP) is 4.77. The van der Waals surface area contributed by atoms with Gasteiger partial charge in [-0.1, -0.05) is 56.5 Å². The lowest BCUT2D eigenvalue weighted by Gasteiger charge is -2.14. The van der Waals surface area contributed by atoms with Gasteiger partial charge >= 0.3 is 5.97 Å². The molecule has 1 aromatic carbocycles. The number of unbranched alkanes of at least 4 members (excludes halogenated alkanes) is 3. The second-order valence-electron chi connectivity index (χ2n) is 8.55. The van der Waals surface area contributed by atoms with E-state index in [1.165, 1.54) is 0 Å². The second kappa shape index (κ2) is 11.3. The number of carboxylic acid groups (broad SMARTS) is 1. The van der Waals surface area contributed by atoms with E-state index in [1.54, 1.807) is 0 Å². The second-order valence-corrected chi connectivity index (χ2v) is 8.55. The minimum atomic E-state index is -0.758. The number of aliphatic hydroxyl groups is 2. The van der Waals surface area contributed by atoms with Crippen LogP contribution in [0, 0.1) is 0 Å². The highest BCUT2D eigenvalue weighted by Gasteiger charge is 2.34. The van der Waals surface area contributed by atoms with E-state index >= 15 is 0 Å². The average molecular weight is 426 g/mol. The van der Waals surface area contributed by atoms with Gasteiger partial charge in [0, 0.05) is 35.8 Å². The summed E-state index contributed by atoms with van der Waals surface area (Å²) in [7, 11) is 0. The van der Waals surface area contributed by atoms with Crippen LogP contribution in [0.3, 0.4) is 0 Å². The van der Waals surface area contributed by atoms with Crippen LogP contribution in [0.5, 0.6) is 0 Å². The third-order valence-corrected chi connectivity index (χ3v) is 6.12. The predicted molar refractivity (Wildman–Crippen MR) is 123 cm³/mol. The van der Waals surface area contributed by atoms with Crippen LogP contribution >= 0.6 is 0 Å². The lowest BCUT2D eigenvalue weighted by molar-refractivity contribution is -0.137. The molecule has 3 N–H and O–H groups in total. The number of hydrogen-bond donors (Lipinski definition) is 3. The molecule has 0 saturated carbocycles. The van der Waals surface area contributed by atoms with E-state index in [-0.39, 0.29) is 12.3 Å². The molecule has 0 aliphatic heterocycles. The van der Waals surface area contributed by atoms with Gasteiger partial charge < -0.3 is 19.9 Å². The summed E-state index contributed by atoms with van der Waals surface area (Å²) >= 11 is 0. The third kappa shape index (κ3) is 6.08. The van der Waals surface area contributed by atoms with Gasteiger partial charge in [0.1, 0.15) is 0 Å². The summed E-state index contributed by atoms with van der Waals surface area (Å²) in [6, 6.07) is 12.3. The SMILES string of the molecule is CCCCC[C@H](O)/C=C/[C@@H]1c2cc(CCCCC(=O)O)n(-c3ccccc3)c2C[C@H]1O. The molecular formula is C26H35NO4. The highest BCUT2D eigenvalue weighted by Crippen LogP contribution is 2.39. The van der Waals surface area contributed by atoms with Crippen LogP contribution in [0.1, 0.15) is 74.7 Å². The van der Waals surface area contributed by atoms with Crippen molar-refractivity contribution in [2.75, 3.05) is 0 Å². The first-order valence-electron chi connectivity index (χ1n) is 11.6. The van der Waals surface area contributed by atoms with Crippen LogP contribution in [0.4, 0.5) is 0 Å². The number of nitrogens with zero attached hydrogens (tertiary/aromatic N) is 1. The molecule has 0 unspecified atom stereocenters. The Labute approximate surface area is 185 Å². The van der Waals surface area contributed by atoms with Crippen molar-refractivity contribution in [2.45, 2.75) is 82.8 Å². The normalized spacial score (nSPS) is 19.1. The van der Waals surface area contributed by atoms with Gasteiger partial charge in [-0.3, -0.25) is 4.79 Å². The van der Waals surface area contributed by atoms with Crippen molar-refractivity contribution in [2.24, 2.45) is 0 Å². The molecule has 168 valence electrons. The molecule has 0 radical (unpaired) electrons. The minimum Gasteiger partial charge on any atom is -0.481 e. The Morgan fingerprint density at radius 3 is 2.68 bits per heavy atom. The number of para-hydroxylation sites is 1. The topological polar surface area (TPSA) is 82.7 Å². The Balaban J connectivity index is 1.82. The van der Waals surface area contributed by atoms with Crippen LogP contribution in [0.15, 0.2) is 48.6 Å². The van der Waals surface area contributed by atoms with Crippen molar-refractivity contribution in [3.63, 3.8) is 0 Å². The third-order valence-electron chi connectivity index (χ3n) is 6.12. The largest absolute Gasteiger partial charge is 0.481 e. The smallest absolute Gasteiger partial charge is 0.303 e. The molecule has 3 atom stereocenters. The summed E-state index contributed by atoms with van der Waals surface area (Å²) in [4.78, 5) is 10.8. The molecule has 0 spiro atoms. The summed E-state index contributed by atoms with van der Waals surface area (Å²) in [5, 5.41) is 29.9. The highest BCUT2D eigenvalue weighted by molar-refractivity contribution is 5.66. The molecule has 0 saturated heterocycles. The standard InChI is InChI=1S/C26H35NO4/c1-2-3-5-13-21(28)15-16-22-23-17-20(12-8-9-14-26(30)31)27(24(23)18-25(22)29)19-10-6-4-7-11-19/h4,6-7,10-11,15-17,21-22,25,28-29H,2-3,5,8-9,12-14,18H2,1H3,(H,30,31)/b16-15+/t21-,22+,25+/m0/s1. The minimum absolute atomic E-state index is 0.126. The lowest BCUT2D eigenvalue weighted by atomic mass is 9.98. The number of rotatable bonds is 12. The van der Waals surface area contributed by atoms with Crippen molar-refractivity contribution in [3.8, 4) is 5.69 Å². The fraction of sp³-hybridized carbons (Fsp3) is 0.500. The zero-order chi connectivity index (χ0) is 22.2. The van der Waals surface area contributed by atoms with E-state index in [0.29, 0.717) is 12.8 Å². The van der Waals surface area contributed by atoms with Crippen LogP contribution < -0.4 is 0 Å². The number of carboxylic acids is 1. The maximum Gasteiger partial charge on any atom is 0.303 e.